The molecule has 0 unspecified atom stereocenters. The van der Waals surface area contributed by atoms with Crippen molar-refractivity contribution in [2.24, 2.45) is 0 Å². The highest BCUT2D eigenvalue weighted by Crippen LogP contribution is 2.16. The van der Waals surface area contributed by atoms with Crippen molar-refractivity contribution in [3.8, 4) is 0 Å². The number of nitrogens with one attached hydrogen (secondary N) is 1. The second kappa shape index (κ2) is 5.98. The molecule has 0 saturated heterocycles. The molecule has 0 aromatic heterocycles. The van der Waals surface area contributed by atoms with E-state index in [2.05, 4.69) is 20.7 Å². The normalized spacial score (nSPS) is 16.3. The van der Waals surface area contributed by atoms with Gasteiger partial charge in [0, 0.05) is 23.0 Å². The first kappa shape index (κ1) is 14.4. The Balaban J connectivity index is 2.08. The van der Waals surface area contributed by atoms with Crippen LogP contribution in [0.3, 0.4) is 0 Å². The summed E-state index contributed by atoms with van der Waals surface area (Å²) in [6.45, 7) is 0.0667. The zero-order valence-electron chi connectivity index (χ0n) is 10.2. The number of carbonyl (C=O) groups excluding carboxylic acids is 1. The molecule has 6 heteroatoms. The third-order valence-electron chi connectivity index (χ3n) is 2.93. The average Bonchev–Trinajstić information content (AvgIpc) is 2.38. The van der Waals surface area contributed by atoms with Crippen molar-refractivity contribution >= 4 is 31.7 Å². The number of Topliss-reactive ketones (excluding diaryl/α,β-unsaturated/α-hetero) is 1. The Hall–Kier alpha value is -0.980. The Morgan fingerprint density at radius 1 is 1.21 bits per heavy atom. The Labute approximate surface area is 121 Å². The highest BCUT2D eigenvalue weighted by Gasteiger charge is 2.18. The fraction of sp³-hybridized carbons (Fsp3) is 0.308. The number of sulfonamides is 1. The van der Waals surface area contributed by atoms with Gasteiger partial charge in [0.2, 0.25) is 10.0 Å². The number of allylic oxidation sites excluding steroid dienone is 1. The smallest absolute Gasteiger partial charge is 0.240 e. The monoisotopic (exact) mass is 343 g/mol. The van der Waals surface area contributed by atoms with Crippen LogP contribution < -0.4 is 4.72 Å². The molecule has 19 heavy (non-hydrogen) atoms. The molecule has 0 radical (unpaired) electrons. The van der Waals surface area contributed by atoms with E-state index in [-0.39, 0.29) is 17.2 Å². The van der Waals surface area contributed by atoms with Gasteiger partial charge in [0.05, 0.1) is 4.90 Å². The molecule has 2 rings (SSSR count). The van der Waals surface area contributed by atoms with Gasteiger partial charge in [-0.3, -0.25) is 4.79 Å². The third-order valence-corrected chi connectivity index (χ3v) is 4.88. The van der Waals surface area contributed by atoms with Gasteiger partial charge in [0.15, 0.2) is 5.78 Å². The lowest BCUT2D eigenvalue weighted by Gasteiger charge is -2.12. The van der Waals surface area contributed by atoms with Gasteiger partial charge in [-0.15, -0.1) is 0 Å². The summed E-state index contributed by atoms with van der Waals surface area (Å²) < 4.78 is 27.3. The summed E-state index contributed by atoms with van der Waals surface area (Å²) in [5.41, 5.74) is 0.562. The molecule has 1 aliphatic rings. The topological polar surface area (TPSA) is 63.2 Å². The van der Waals surface area contributed by atoms with E-state index in [0.717, 1.165) is 17.3 Å². The van der Waals surface area contributed by atoms with Crippen molar-refractivity contribution in [1.82, 2.24) is 4.72 Å². The predicted octanol–water partition coefficient (Wildman–Crippen LogP) is 2.41. The number of halogens is 1. The second-order valence-corrected chi connectivity index (χ2v) is 7.01. The molecule has 1 aliphatic carbocycles. The summed E-state index contributed by atoms with van der Waals surface area (Å²) in [6.07, 6.45) is 4.00. The fourth-order valence-corrected chi connectivity index (χ4v) is 3.12. The molecule has 0 amide bonds. The van der Waals surface area contributed by atoms with Gasteiger partial charge in [-0.1, -0.05) is 22.0 Å². The van der Waals surface area contributed by atoms with Gasteiger partial charge >= 0.3 is 0 Å². The predicted molar refractivity (Wildman–Crippen MR) is 76.3 cm³/mol. The summed E-state index contributed by atoms with van der Waals surface area (Å²) in [4.78, 5) is 11.8. The molecule has 4 nitrogen and oxygen atoms in total. The number of hydrogen-bond donors (Lipinski definition) is 1. The molecule has 0 fully saturated rings. The minimum absolute atomic E-state index is 0.0322. The Morgan fingerprint density at radius 3 is 2.53 bits per heavy atom. The first-order valence-electron chi connectivity index (χ1n) is 5.96. The van der Waals surface area contributed by atoms with Gasteiger partial charge in [0.1, 0.15) is 0 Å². The minimum atomic E-state index is -3.56. The quantitative estimate of drug-likeness (QED) is 0.912. The maximum absolute atomic E-state index is 12.0. The molecule has 102 valence electrons. The summed E-state index contributed by atoms with van der Waals surface area (Å²) >= 11 is 3.25. The summed E-state index contributed by atoms with van der Waals surface area (Å²) in [7, 11) is -3.56. The van der Waals surface area contributed by atoms with E-state index in [4.69, 9.17) is 0 Å². The van der Waals surface area contributed by atoms with Crippen LogP contribution in [0.1, 0.15) is 19.3 Å². The van der Waals surface area contributed by atoms with E-state index in [0.29, 0.717) is 12.0 Å². The minimum Gasteiger partial charge on any atom is -0.295 e. The molecular weight excluding hydrogens is 330 g/mol. The number of hydrogen-bond acceptors (Lipinski definition) is 3. The van der Waals surface area contributed by atoms with E-state index in [1.807, 2.05) is 6.08 Å². The van der Waals surface area contributed by atoms with Gasteiger partial charge < -0.3 is 0 Å². The Bertz CT molecular complexity index is 605. The zero-order valence-corrected chi connectivity index (χ0v) is 12.6. The van der Waals surface area contributed by atoms with Crippen LogP contribution in [0.15, 0.2) is 45.3 Å². The zero-order chi connectivity index (χ0) is 13.9. The van der Waals surface area contributed by atoms with Crippen molar-refractivity contribution in [3.63, 3.8) is 0 Å². The van der Waals surface area contributed by atoms with Gasteiger partial charge in [-0.2, -0.15) is 0 Å². The summed E-state index contributed by atoms with van der Waals surface area (Å²) in [5.74, 6) is 0.0322. The Morgan fingerprint density at radius 2 is 1.89 bits per heavy atom. The van der Waals surface area contributed by atoms with Crippen LogP contribution in [0.25, 0.3) is 0 Å². The molecule has 0 saturated carbocycles. The third kappa shape index (κ3) is 3.75. The van der Waals surface area contributed by atoms with Gasteiger partial charge in [-0.25, -0.2) is 13.1 Å². The highest BCUT2D eigenvalue weighted by atomic mass is 79.9. The molecule has 0 atom stereocenters. The van der Waals surface area contributed by atoms with Crippen molar-refractivity contribution < 1.29 is 13.2 Å². The molecule has 1 N–H and O–H groups in total. The summed E-state index contributed by atoms with van der Waals surface area (Å²) in [5, 5.41) is 0. The lowest BCUT2D eigenvalue weighted by atomic mass is 9.98. The van der Waals surface area contributed by atoms with E-state index in [1.54, 1.807) is 12.1 Å². The van der Waals surface area contributed by atoms with Crippen molar-refractivity contribution in [1.29, 1.82) is 0 Å². The van der Waals surface area contributed by atoms with Crippen LogP contribution in [0.5, 0.6) is 0 Å². The molecule has 0 spiro atoms. The van der Waals surface area contributed by atoms with Gasteiger partial charge in [0.25, 0.3) is 0 Å². The fourth-order valence-electron chi connectivity index (χ4n) is 1.85. The van der Waals surface area contributed by atoms with Crippen LogP contribution in [-0.2, 0) is 14.8 Å². The number of carbonyl (C=O) groups is 1. The standard InChI is InChI=1S/C13H14BrNO3S/c14-11-5-7-12(8-6-11)19(17,18)15-9-10-3-1-2-4-13(10)16/h3,5-8,15H,1-2,4,9H2. The SMILES string of the molecule is O=C1CCCC=C1CNS(=O)(=O)c1ccc(Br)cc1. The molecule has 0 heterocycles. The Kier molecular flexibility index (Phi) is 4.54. The average molecular weight is 344 g/mol. The van der Waals surface area contributed by atoms with Crippen molar-refractivity contribution in [3.05, 3.63) is 40.4 Å². The number of benzene rings is 1. The van der Waals surface area contributed by atoms with Gasteiger partial charge in [-0.05, 0) is 37.1 Å². The summed E-state index contributed by atoms with van der Waals surface area (Å²) in [6, 6.07) is 6.37. The maximum atomic E-state index is 12.0. The van der Waals surface area contributed by atoms with E-state index >= 15 is 0 Å². The number of ketones is 1. The molecule has 1 aromatic rings. The van der Waals surface area contributed by atoms with E-state index < -0.39 is 10.0 Å². The second-order valence-electron chi connectivity index (χ2n) is 4.32. The number of rotatable bonds is 4. The van der Waals surface area contributed by atoms with Crippen molar-refractivity contribution in [2.45, 2.75) is 24.2 Å². The van der Waals surface area contributed by atoms with Crippen LogP contribution in [0.2, 0.25) is 0 Å². The van der Waals surface area contributed by atoms with Crippen LogP contribution >= 0.6 is 15.9 Å². The maximum Gasteiger partial charge on any atom is 0.240 e. The van der Waals surface area contributed by atoms with Crippen LogP contribution in [0.4, 0.5) is 0 Å². The first-order chi connectivity index (χ1) is 8.99. The lowest BCUT2D eigenvalue weighted by molar-refractivity contribution is -0.116. The van der Waals surface area contributed by atoms with E-state index in [1.165, 1.54) is 12.1 Å². The highest BCUT2D eigenvalue weighted by molar-refractivity contribution is 9.10. The van der Waals surface area contributed by atoms with E-state index in [9.17, 15) is 13.2 Å². The molecule has 1 aromatic carbocycles. The van der Waals surface area contributed by atoms with Crippen LogP contribution in [0, 0.1) is 0 Å². The largest absolute Gasteiger partial charge is 0.295 e. The lowest BCUT2D eigenvalue weighted by Crippen LogP contribution is -2.28. The molecule has 0 aliphatic heterocycles. The molecular formula is C13H14BrNO3S. The first-order valence-corrected chi connectivity index (χ1v) is 8.24. The molecule has 0 bridgehead atoms. The van der Waals surface area contributed by atoms with Crippen LogP contribution in [-0.4, -0.2) is 20.7 Å². The van der Waals surface area contributed by atoms with Crippen molar-refractivity contribution in [2.75, 3.05) is 6.54 Å².